The van der Waals surface area contributed by atoms with E-state index in [4.69, 9.17) is 27.6 Å². The third kappa shape index (κ3) is 2.47. The van der Waals surface area contributed by atoms with Gasteiger partial charge in [0.15, 0.2) is 0 Å². The van der Waals surface area contributed by atoms with Crippen LogP contribution in [-0.4, -0.2) is 5.11 Å². The van der Waals surface area contributed by atoms with E-state index >= 15 is 0 Å². The zero-order valence-corrected chi connectivity index (χ0v) is 11.3. The van der Waals surface area contributed by atoms with Crippen LogP contribution in [0.4, 0.5) is 0 Å². The van der Waals surface area contributed by atoms with Crippen LogP contribution >= 0.6 is 23.2 Å². The molecule has 0 amide bonds. The van der Waals surface area contributed by atoms with Crippen molar-refractivity contribution in [1.82, 2.24) is 0 Å². The van der Waals surface area contributed by atoms with Crippen molar-refractivity contribution >= 4 is 34.2 Å². The molecule has 3 aromatic rings. The molecule has 0 spiro atoms. The summed E-state index contributed by atoms with van der Waals surface area (Å²) in [7, 11) is 0. The molecule has 4 heteroatoms. The molecule has 1 heterocycles. The second-order valence-corrected chi connectivity index (χ2v) is 5.16. The summed E-state index contributed by atoms with van der Waals surface area (Å²) in [6, 6.07) is 14.2. The smallest absolute Gasteiger partial charge is 0.138 e. The second kappa shape index (κ2) is 4.89. The number of furan rings is 1. The summed E-state index contributed by atoms with van der Waals surface area (Å²) in [5, 5.41) is 12.4. The first-order valence-corrected chi connectivity index (χ1v) is 6.51. The first kappa shape index (κ1) is 12.5. The topological polar surface area (TPSA) is 33.4 Å². The van der Waals surface area contributed by atoms with Crippen LogP contribution in [0.3, 0.4) is 0 Å². The van der Waals surface area contributed by atoms with Crippen molar-refractivity contribution in [3.05, 3.63) is 69.9 Å². The Labute approximate surface area is 120 Å². The van der Waals surface area contributed by atoms with E-state index in [1.54, 1.807) is 48.5 Å². The van der Waals surface area contributed by atoms with Crippen LogP contribution in [0.2, 0.25) is 10.0 Å². The van der Waals surface area contributed by atoms with Crippen LogP contribution in [-0.2, 0) is 0 Å². The van der Waals surface area contributed by atoms with Crippen molar-refractivity contribution in [3.8, 4) is 0 Å². The van der Waals surface area contributed by atoms with Crippen molar-refractivity contribution in [2.75, 3.05) is 0 Å². The van der Waals surface area contributed by atoms with Gasteiger partial charge in [-0.1, -0.05) is 35.3 Å². The maximum atomic E-state index is 10.3. The molecule has 0 aliphatic carbocycles. The molecule has 1 N–H and O–H groups in total. The number of benzene rings is 2. The van der Waals surface area contributed by atoms with Gasteiger partial charge in [0.05, 0.1) is 0 Å². The fourth-order valence-corrected chi connectivity index (χ4v) is 2.29. The number of hydrogen-bond acceptors (Lipinski definition) is 2. The Morgan fingerprint density at radius 3 is 2.32 bits per heavy atom. The van der Waals surface area contributed by atoms with E-state index in [-0.39, 0.29) is 0 Å². The van der Waals surface area contributed by atoms with E-state index in [1.807, 2.05) is 0 Å². The van der Waals surface area contributed by atoms with Gasteiger partial charge in [-0.3, -0.25) is 0 Å². The molecule has 0 saturated heterocycles. The van der Waals surface area contributed by atoms with Crippen LogP contribution in [0, 0.1) is 0 Å². The lowest BCUT2D eigenvalue weighted by Gasteiger charge is -2.07. The van der Waals surface area contributed by atoms with E-state index < -0.39 is 6.10 Å². The van der Waals surface area contributed by atoms with Crippen LogP contribution in [0.5, 0.6) is 0 Å². The average molecular weight is 293 g/mol. The minimum Gasteiger partial charge on any atom is -0.458 e. The number of halogens is 2. The van der Waals surface area contributed by atoms with Gasteiger partial charge in [0, 0.05) is 15.4 Å². The Kier molecular flexibility index (Phi) is 3.23. The summed E-state index contributed by atoms with van der Waals surface area (Å²) in [5.41, 5.74) is 1.43. The highest BCUT2D eigenvalue weighted by Crippen LogP contribution is 2.30. The zero-order valence-electron chi connectivity index (χ0n) is 9.81. The van der Waals surface area contributed by atoms with E-state index in [0.29, 0.717) is 21.4 Å². The fourth-order valence-electron chi connectivity index (χ4n) is 1.98. The molecule has 0 saturated carbocycles. The second-order valence-electron chi connectivity index (χ2n) is 4.29. The Bertz CT molecular complexity index is 717. The number of rotatable bonds is 2. The minimum atomic E-state index is -0.816. The Morgan fingerprint density at radius 1 is 0.895 bits per heavy atom. The third-order valence-electron chi connectivity index (χ3n) is 2.95. The normalized spacial score (nSPS) is 12.8. The Balaban J connectivity index is 2.01. The van der Waals surface area contributed by atoms with Gasteiger partial charge in [-0.25, -0.2) is 0 Å². The zero-order chi connectivity index (χ0) is 13.4. The quantitative estimate of drug-likeness (QED) is 0.734. The number of fused-ring (bicyclic) bond motifs is 1. The minimum absolute atomic E-state index is 0.486. The van der Waals surface area contributed by atoms with Gasteiger partial charge in [-0.15, -0.1) is 0 Å². The molecule has 0 unspecified atom stereocenters. The number of hydrogen-bond donors (Lipinski definition) is 1. The maximum Gasteiger partial charge on any atom is 0.138 e. The van der Waals surface area contributed by atoms with Crippen LogP contribution < -0.4 is 0 Å². The first-order valence-electron chi connectivity index (χ1n) is 5.76. The third-order valence-corrected chi connectivity index (χ3v) is 3.44. The highest BCUT2D eigenvalue weighted by Gasteiger charge is 2.15. The summed E-state index contributed by atoms with van der Waals surface area (Å²) < 4.78 is 5.63. The molecule has 96 valence electrons. The van der Waals surface area contributed by atoms with E-state index in [1.165, 1.54) is 0 Å². The molecule has 0 bridgehead atoms. The molecule has 0 fully saturated rings. The summed E-state index contributed by atoms with van der Waals surface area (Å²) in [6.07, 6.45) is -0.816. The highest BCUT2D eigenvalue weighted by atomic mass is 35.5. The summed E-state index contributed by atoms with van der Waals surface area (Å²) in [6.45, 7) is 0. The van der Waals surface area contributed by atoms with Crippen molar-refractivity contribution in [2.45, 2.75) is 6.10 Å². The van der Waals surface area contributed by atoms with Gasteiger partial charge in [-0.05, 0) is 42.0 Å². The van der Waals surface area contributed by atoms with Crippen LogP contribution in [0.1, 0.15) is 17.4 Å². The SMILES string of the molecule is O[C@@H](c1ccc(Cl)cc1)c1cc2cc(Cl)ccc2o1. The van der Waals surface area contributed by atoms with Gasteiger partial charge < -0.3 is 9.52 Å². The number of aliphatic hydroxyl groups excluding tert-OH is 1. The molecule has 0 aliphatic rings. The molecule has 0 aliphatic heterocycles. The summed E-state index contributed by atoms with van der Waals surface area (Å²) >= 11 is 11.7. The van der Waals surface area contributed by atoms with Crippen molar-refractivity contribution in [1.29, 1.82) is 0 Å². The molecule has 1 atom stereocenters. The lowest BCUT2D eigenvalue weighted by molar-refractivity contribution is 0.192. The predicted octanol–water partition coefficient (Wildman–Crippen LogP) is 4.82. The van der Waals surface area contributed by atoms with E-state index in [9.17, 15) is 5.11 Å². The fraction of sp³-hybridized carbons (Fsp3) is 0.0667. The molecule has 3 rings (SSSR count). The average Bonchev–Trinajstić information content (AvgIpc) is 2.81. The molecular weight excluding hydrogens is 283 g/mol. The molecule has 2 aromatic carbocycles. The monoisotopic (exact) mass is 292 g/mol. The Morgan fingerprint density at radius 2 is 1.58 bits per heavy atom. The molecular formula is C15H10Cl2O2. The lowest BCUT2D eigenvalue weighted by atomic mass is 10.1. The maximum absolute atomic E-state index is 10.3. The summed E-state index contributed by atoms with van der Waals surface area (Å²) in [5.74, 6) is 0.486. The van der Waals surface area contributed by atoms with Gasteiger partial charge >= 0.3 is 0 Å². The van der Waals surface area contributed by atoms with Crippen molar-refractivity contribution in [3.63, 3.8) is 0 Å². The molecule has 2 nitrogen and oxygen atoms in total. The van der Waals surface area contributed by atoms with E-state index in [2.05, 4.69) is 0 Å². The number of aliphatic hydroxyl groups is 1. The standard InChI is InChI=1S/C15H10Cl2O2/c16-11-3-1-9(2-4-11)15(18)14-8-10-7-12(17)5-6-13(10)19-14/h1-8,15,18H/t15-/m0/s1. The van der Waals surface area contributed by atoms with Crippen LogP contribution in [0.25, 0.3) is 11.0 Å². The van der Waals surface area contributed by atoms with Gasteiger partial charge in [0.2, 0.25) is 0 Å². The molecule has 1 aromatic heterocycles. The molecule has 0 radical (unpaired) electrons. The Hall–Kier alpha value is -1.48. The first-order chi connectivity index (χ1) is 9.13. The predicted molar refractivity (Wildman–Crippen MR) is 76.7 cm³/mol. The largest absolute Gasteiger partial charge is 0.458 e. The van der Waals surface area contributed by atoms with Crippen molar-refractivity contribution in [2.24, 2.45) is 0 Å². The van der Waals surface area contributed by atoms with Gasteiger partial charge in [0.1, 0.15) is 17.4 Å². The van der Waals surface area contributed by atoms with Crippen LogP contribution in [0.15, 0.2) is 52.9 Å². The lowest BCUT2D eigenvalue weighted by Crippen LogP contribution is -1.97. The van der Waals surface area contributed by atoms with Crippen molar-refractivity contribution < 1.29 is 9.52 Å². The van der Waals surface area contributed by atoms with Gasteiger partial charge in [-0.2, -0.15) is 0 Å². The summed E-state index contributed by atoms with van der Waals surface area (Å²) in [4.78, 5) is 0. The highest BCUT2D eigenvalue weighted by molar-refractivity contribution is 6.31. The van der Waals surface area contributed by atoms with Gasteiger partial charge in [0.25, 0.3) is 0 Å². The van der Waals surface area contributed by atoms with E-state index in [0.717, 1.165) is 10.9 Å². The molecule has 19 heavy (non-hydrogen) atoms.